The molecule has 0 aliphatic rings. The molecule has 3 aromatic carbocycles. The molecule has 0 fully saturated rings. The van der Waals surface area contributed by atoms with E-state index in [2.05, 4.69) is 74.2 Å². The molecule has 24 heavy (non-hydrogen) atoms. The zero-order valence-electron chi connectivity index (χ0n) is 14.2. The third-order valence-electron chi connectivity index (χ3n) is 4.30. The van der Waals surface area contributed by atoms with Crippen LogP contribution in [0.25, 0.3) is 0 Å². The zero-order chi connectivity index (χ0) is 17.1. The summed E-state index contributed by atoms with van der Waals surface area (Å²) in [5.74, 6) is 0. The second-order valence-electron chi connectivity index (χ2n) is 6.10. The summed E-state index contributed by atoms with van der Waals surface area (Å²) in [5, 5.41) is 9.04. The van der Waals surface area contributed by atoms with Crippen molar-refractivity contribution in [2.24, 2.45) is 0 Å². The van der Waals surface area contributed by atoms with Crippen LogP contribution in [0.3, 0.4) is 0 Å². The Labute approximate surface area is 143 Å². The van der Waals surface area contributed by atoms with E-state index in [0.717, 1.165) is 17.1 Å². The Bertz CT molecular complexity index is 885. The molecule has 0 atom stereocenters. The lowest BCUT2D eigenvalue weighted by molar-refractivity contribution is 1.24. The summed E-state index contributed by atoms with van der Waals surface area (Å²) in [6.07, 6.45) is 0. The van der Waals surface area contributed by atoms with Crippen LogP contribution in [0.4, 0.5) is 17.1 Å². The van der Waals surface area contributed by atoms with Gasteiger partial charge in [0.2, 0.25) is 0 Å². The van der Waals surface area contributed by atoms with E-state index in [-0.39, 0.29) is 0 Å². The molecule has 2 nitrogen and oxygen atoms in total. The first-order chi connectivity index (χ1) is 11.6. The van der Waals surface area contributed by atoms with Gasteiger partial charge in [0.1, 0.15) is 0 Å². The van der Waals surface area contributed by atoms with Crippen molar-refractivity contribution in [1.29, 1.82) is 5.26 Å². The molecular formula is C22H20N2. The highest BCUT2D eigenvalue weighted by Gasteiger charge is 2.13. The molecule has 0 unspecified atom stereocenters. The molecule has 0 saturated heterocycles. The highest BCUT2D eigenvalue weighted by molar-refractivity contribution is 5.77. The fraction of sp³-hybridized carbons (Fsp3) is 0.136. The van der Waals surface area contributed by atoms with E-state index in [1.54, 1.807) is 0 Å². The highest BCUT2D eigenvalue weighted by Crippen LogP contribution is 2.35. The van der Waals surface area contributed by atoms with Gasteiger partial charge in [-0.25, -0.2) is 0 Å². The van der Waals surface area contributed by atoms with Gasteiger partial charge in [0.15, 0.2) is 0 Å². The normalized spacial score (nSPS) is 10.2. The monoisotopic (exact) mass is 312 g/mol. The van der Waals surface area contributed by atoms with Crippen LogP contribution in [-0.2, 0) is 0 Å². The Morgan fingerprint density at radius 3 is 1.75 bits per heavy atom. The molecule has 0 bridgehead atoms. The molecule has 0 heterocycles. The first-order valence-corrected chi connectivity index (χ1v) is 8.03. The number of aryl methyl sites for hydroxylation is 3. The molecule has 0 aromatic heterocycles. The highest BCUT2D eigenvalue weighted by atomic mass is 15.1. The second-order valence-corrected chi connectivity index (χ2v) is 6.10. The summed E-state index contributed by atoms with van der Waals surface area (Å²) in [4.78, 5) is 2.22. The van der Waals surface area contributed by atoms with Crippen molar-refractivity contribution in [2.75, 3.05) is 4.90 Å². The van der Waals surface area contributed by atoms with Crippen molar-refractivity contribution >= 4 is 17.1 Å². The van der Waals surface area contributed by atoms with Crippen LogP contribution in [0.1, 0.15) is 22.3 Å². The molecule has 0 aliphatic carbocycles. The Morgan fingerprint density at radius 1 is 0.667 bits per heavy atom. The molecule has 0 saturated carbocycles. The lowest BCUT2D eigenvalue weighted by Gasteiger charge is -2.26. The number of hydrogen-bond donors (Lipinski definition) is 0. The van der Waals surface area contributed by atoms with Gasteiger partial charge in [0, 0.05) is 17.1 Å². The Hall–Kier alpha value is -3.05. The average Bonchev–Trinajstić information content (AvgIpc) is 2.60. The minimum Gasteiger partial charge on any atom is -0.310 e. The van der Waals surface area contributed by atoms with Crippen LogP contribution in [-0.4, -0.2) is 0 Å². The summed E-state index contributed by atoms with van der Waals surface area (Å²) >= 11 is 0. The quantitative estimate of drug-likeness (QED) is 0.597. The van der Waals surface area contributed by atoms with Gasteiger partial charge >= 0.3 is 0 Å². The van der Waals surface area contributed by atoms with Gasteiger partial charge in [-0.05, 0) is 80.4 Å². The maximum absolute atomic E-state index is 9.04. The molecule has 0 spiro atoms. The second kappa shape index (κ2) is 6.60. The van der Waals surface area contributed by atoms with E-state index in [1.807, 2.05) is 24.3 Å². The molecule has 2 heteroatoms. The number of anilines is 3. The van der Waals surface area contributed by atoms with E-state index >= 15 is 0 Å². The third-order valence-corrected chi connectivity index (χ3v) is 4.30. The van der Waals surface area contributed by atoms with Crippen molar-refractivity contribution in [3.63, 3.8) is 0 Å². The number of rotatable bonds is 3. The van der Waals surface area contributed by atoms with E-state index in [4.69, 9.17) is 5.26 Å². The van der Waals surface area contributed by atoms with Crippen LogP contribution in [0, 0.1) is 32.1 Å². The fourth-order valence-corrected chi connectivity index (χ4v) is 2.69. The van der Waals surface area contributed by atoms with Crippen molar-refractivity contribution in [2.45, 2.75) is 20.8 Å². The van der Waals surface area contributed by atoms with Crippen LogP contribution in [0.15, 0.2) is 66.7 Å². The van der Waals surface area contributed by atoms with Crippen molar-refractivity contribution in [1.82, 2.24) is 0 Å². The predicted octanol–water partition coefficient (Wildman–Crippen LogP) is 5.95. The van der Waals surface area contributed by atoms with E-state index in [1.165, 1.54) is 16.7 Å². The Morgan fingerprint density at radius 2 is 1.21 bits per heavy atom. The largest absolute Gasteiger partial charge is 0.310 e. The van der Waals surface area contributed by atoms with Gasteiger partial charge in [0.25, 0.3) is 0 Å². The average molecular weight is 312 g/mol. The smallest absolute Gasteiger partial charge is 0.0991 e. The lowest BCUT2D eigenvalue weighted by Crippen LogP contribution is -2.10. The topological polar surface area (TPSA) is 27.0 Å². The fourth-order valence-electron chi connectivity index (χ4n) is 2.69. The lowest BCUT2D eigenvalue weighted by atomic mass is 10.1. The van der Waals surface area contributed by atoms with Gasteiger partial charge in [-0.1, -0.05) is 23.8 Å². The van der Waals surface area contributed by atoms with Gasteiger partial charge in [-0.2, -0.15) is 5.26 Å². The van der Waals surface area contributed by atoms with Gasteiger partial charge < -0.3 is 4.90 Å². The SMILES string of the molecule is Cc1ccc(N(c2ccc(C#N)cc2)c2ccc(C)c(C)c2)cc1. The zero-order valence-corrected chi connectivity index (χ0v) is 14.2. The van der Waals surface area contributed by atoms with Crippen molar-refractivity contribution < 1.29 is 0 Å². The number of nitriles is 1. The molecule has 118 valence electrons. The standard InChI is InChI=1S/C22H20N2/c1-16-4-9-20(10-5-16)24(21-12-7-19(15-23)8-13-21)22-11-6-17(2)18(3)14-22/h4-14H,1-3H3. The third kappa shape index (κ3) is 3.16. The minimum absolute atomic E-state index is 0.669. The van der Waals surface area contributed by atoms with Gasteiger partial charge in [0.05, 0.1) is 11.6 Å². The number of benzene rings is 3. The minimum atomic E-state index is 0.669. The van der Waals surface area contributed by atoms with Crippen LogP contribution in [0.5, 0.6) is 0 Å². The molecule has 0 radical (unpaired) electrons. The van der Waals surface area contributed by atoms with E-state index in [0.29, 0.717) is 5.56 Å². The molecular weight excluding hydrogens is 292 g/mol. The predicted molar refractivity (Wildman–Crippen MR) is 100 cm³/mol. The summed E-state index contributed by atoms with van der Waals surface area (Å²) < 4.78 is 0. The maximum atomic E-state index is 9.04. The van der Waals surface area contributed by atoms with Gasteiger partial charge in [-0.15, -0.1) is 0 Å². The summed E-state index contributed by atoms with van der Waals surface area (Å²) in [6, 6.07) is 24.9. The first-order valence-electron chi connectivity index (χ1n) is 8.03. The Balaban J connectivity index is 2.14. The molecule has 3 aromatic rings. The van der Waals surface area contributed by atoms with Crippen LogP contribution >= 0.6 is 0 Å². The molecule has 0 amide bonds. The van der Waals surface area contributed by atoms with Crippen LogP contribution in [0.2, 0.25) is 0 Å². The van der Waals surface area contributed by atoms with Crippen molar-refractivity contribution in [3.05, 3.63) is 89.0 Å². The summed E-state index contributed by atoms with van der Waals surface area (Å²) in [5.41, 5.74) is 7.71. The molecule has 0 N–H and O–H groups in total. The van der Waals surface area contributed by atoms with Crippen LogP contribution < -0.4 is 4.90 Å². The van der Waals surface area contributed by atoms with Gasteiger partial charge in [-0.3, -0.25) is 0 Å². The Kier molecular flexibility index (Phi) is 4.35. The first kappa shape index (κ1) is 15.8. The van der Waals surface area contributed by atoms with Crippen molar-refractivity contribution in [3.8, 4) is 6.07 Å². The van der Waals surface area contributed by atoms with E-state index in [9.17, 15) is 0 Å². The molecule has 0 aliphatic heterocycles. The number of hydrogen-bond acceptors (Lipinski definition) is 2. The number of nitrogens with zero attached hydrogens (tertiary/aromatic N) is 2. The molecule has 3 rings (SSSR count). The summed E-state index contributed by atoms with van der Waals surface area (Å²) in [7, 11) is 0. The maximum Gasteiger partial charge on any atom is 0.0991 e. The van der Waals surface area contributed by atoms with E-state index < -0.39 is 0 Å². The summed E-state index contributed by atoms with van der Waals surface area (Å²) in [6.45, 7) is 6.34.